The number of nitrogens with one attached hydrogen (secondary N) is 1. The number of benzene rings is 3. The fourth-order valence-corrected chi connectivity index (χ4v) is 5.23. The van der Waals surface area contributed by atoms with E-state index in [4.69, 9.17) is 16.3 Å². The quantitative estimate of drug-likeness (QED) is 0.498. The fraction of sp³-hybridized carbons (Fsp3) is 0.231. The molecule has 1 heterocycles. The van der Waals surface area contributed by atoms with Gasteiger partial charge in [-0.25, -0.2) is 0 Å². The molecule has 1 aliphatic heterocycles. The first-order chi connectivity index (χ1) is 16.0. The highest BCUT2D eigenvalue weighted by Crippen LogP contribution is 2.42. The molecule has 2 atom stereocenters. The van der Waals surface area contributed by atoms with Crippen LogP contribution in [0.25, 0.3) is 0 Å². The Balaban J connectivity index is 1.51. The fourth-order valence-electron chi connectivity index (χ4n) is 3.75. The van der Waals surface area contributed by atoms with E-state index in [2.05, 4.69) is 5.32 Å². The number of halogens is 1. The zero-order chi connectivity index (χ0) is 23.4. The number of fused-ring (bicyclic) bond motifs is 1. The Kier molecular flexibility index (Phi) is 7.26. The number of thioether (sulfide) groups is 1. The number of carbonyl (C=O) groups excluding carboxylic acids is 2. The molecule has 3 aromatic rings. The Hall–Kier alpha value is -2.96. The van der Waals surface area contributed by atoms with Crippen molar-refractivity contribution < 1.29 is 14.3 Å². The van der Waals surface area contributed by atoms with E-state index in [1.165, 1.54) is 11.8 Å². The van der Waals surface area contributed by atoms with Crippen LogP contribution in [-0.4, -0.2) is 24.2 Å². The van der Waals surface area contributed by atoms with Gasteiger partial charge >= 0.3 is 0 Å². The van der Waals surface area contributed by atoms with E-state index in [1.54, 1.807) is 18.9 Å². The molecule has 0 spiro atoms. The van der Waals surface area contributed by atoms with E-state index < -0.39 is 11.2 Å². The Morgan fingerprint density at radius 2 is 1.79 bits per heavy atom. The van der Waals surface area contributed by atoms with Gasteiger partial charge in [-0.05, 0) is 41.5 Å². The molecular weight excluding hydrogens is 456 g/mol. The van der Waals surface area contributed by atoms with Gasteiger partial charge in [0.25, 0.3) is 0 Å². The first-order valence-electron chi connectivity index (χ1n) is 10.7. The molecule has 0 fully saturated rings. The van der Waals surface area contributed by atoms with Crippen LogP contribution in [0.3, 0.4) is 0 Å². The number of amides is 2. The predicted molar refractivity (Wildman–Crippen MR) is 133 cm³/mol. The lowest BCUT2D eigenvalue weighted by Gasteiger charge is -2.36. The van der Waals surface area contributed by atoms with E-state index in [9.17, 15) is 9.59 Å². The summed E-state index contributed by atoms with van der Waals surface area (Å²) in [4.78, 5) is 29.3. The average Bonchev–Trinajstić information content (AvgIpc) is 2.85. The summed E-state index contributed by atoms with van der Waals surface area (Å²) in [7, 11) is 1.62. The molecule has 2 unspecified atom stereocenters. The largest absolute Gasteiger partial charge is 0.497 e. The van der Waals surface area contributed by atoms with Crippen LogP contribution in [0.1, 0.15) is 18.1 Å². The van der Waals surface area contributed by atoms with Crippen molar-refractivity contribution in [1.29, 1.82) is 0 Å². The van der Waals surface area contributed by atoms with Crippen LogP contribution in [0.5, 0.6) is 5.75 Å². The monoisotopic (exact) mass is 480 g/mol. The molecule has 3 aromatic carbocycles. The second-order valence-corrected chi connectivity index (χ2v) is 9.47. The molecule has 33 heavy (non-hydrogen) atoms. The van der Waals surface area contributed by atoms with Crippen LogP contribution in [0.4, 0.5) is 5.69 Å². The molecule has 7 heteroatoms. The molecule has 1 N–H and O–H groups in total. The summed E-state index contributed by atoms with van der Waals surface area (Å²) in [6, 6.07) is 22.8. The van der Waals surface area contributed by atoms with Crippen molar-refractivity contribution in [3.05, 3.63) is 88.9 Å². The maximum absolute atomic E-state index is 13.6. The molecule has 0 bridgehead atoms. The van der Waals surface area contributed by atoms with Gasteiger partial charge in [-0.2, -0.15) is 0 Å². The minimum atomic E-state index is -0.529. The summed E-state index contributed by atoms with van der Waals surface area (Å²) in [6.07, 6.45) is 0. The first kappa shape index (κ1) is 23.2. The lowest BCUT2D eigenvalue weighted by Crippen LogP contribution is -2.47. The maximum Gasteiger partial charge on any atom is 0.241 e. The smallest absolute Gasteiger partial charge is 0.241 e. The van der Waals surface area contributed by atoms with Crippen molar-refractivity contribution in [2.24, 2.45) is 5.92 Å². The topological polar surface area (TPSA) is 58.6 Å². The standard InChI is InChI=1S/C26H25ClN2O3S/c1-17(25(30)28-15-18-11-13-20(32-2)14-12-18)24-26(31)29(16-19-7-3-4-8-21(19)27)22-9-5-6-10-23(22)33-24/h3-14,17,24H,15-16H2,1-2H3,(H,28,30). The third-order valence-electron chi connectivity index (χ3n) is 5.70. The van der Waals surface area contributed by atoms with Crippen molar-refractivity contribution in [3.63, 3.8) is 0 Å². The molecule has 0 aromatic heterocycles. The zero-order valence-electron chi connectivity index (χ0n) is 18.5. The molecular formula is C26H25ClN2O3S. The van der Waals surface area contributed by atoms with E-state index in [-0.39, 0.29) is 11.8 Å². The van der Waals surface area contributed by atoms with Gasteiger partial charge in [0.2, 0.25) is 11.8 Å². The predicted octanol–water partition coefficient (Wildman–Crippen LogP) is 5.31. The van der Waals surface area contributed by atoms with Gasteiger partial charge in [0.05, 0.1) is 25.3 Å². The highest BCUT2D eigenvalue weighted by Gasteiger charge is 2.39. The van der Waals surface area contributed by atoms with E-state index >= 15 is 0 Å². The number of hydrogen-bond acceptors (Lipinski definition) is 4. The molecule has 4 rings (SSSR count). The lowest BCUT2D eigenvalue weighted by molar-refractivity contribution is -0.128. The van der Waals surface area contributed by atoms with Crippen molar-refractivity contribution in [3.8, 4) is 5.75 Å². The Labute approximate surface area is 203 Å². The van der Waals surface area contributed by atoms with Crippen LogP contribution in [0.15, 0.2) is 77.7 Å². The number of para-hydroxylation sites is 1. The number of hydrogen-bond donors (Lipinski definition) is 1. The second-order valence-electron chi connectivity index (χ2n) is 7.88. The number of anilines is 1. The summed E-state index contributed by atoms with van der Waals surface area (Å²) in [5.74, 6) is 0.00207. The average molecular weight is 481 g/mol. The summed E-state index contributed by atoms with van der Waals surface area (Å²) in [6.45, 7) is 2.55. The molecule has 2 amide bonds. The number of carbonyl (C=O) groups is 2. The Bertz CT molecular complexity index is 1150. The van der Waals surface area contributed by atoms with Crippen molar-refractivity contribution in [2.45, 2.75) is 30.2 Å². The molecule has 0 saturated carbocycles. The molecule has 5 nitrogen and oxygen atoms in total. The van der Waals surface area contributed by atoms with Crippen molar-refractivity contribution in [1.82, 2.24) is 5.32 Å². The van der Waals surface area contributed by atoms with Crippen LogP contribution < -0.4 is 15.0 Å². The van der Waals surface area contributed by atoms with Gasteiger partial charge in [-0.1, -0.05) is 61.0 Å². The minimum absolute atomic E-state index is 0.0919. The lowest BCUT2D eigenvalue weighted by atomic mass is 10.0. The van der Waals surface area contributed by atoms with Gasteiger partial charge in [0.15, 0.2) is 0 Å². The van der Waals surface area contributed by atoms with Gasteiger partial charge in [0.1, 0.15) is 11.0 Å². The van der Waals surface area contributed by atoms with Gasteiger partial charge in [-0.3, -0.25) is 9.59 Å². The van der Waals surface area contributed by atoms with Crippen LogP contribution in [0, 0.1) is 5.92 Å². The van der Waals surface area contributed by atoms with Crippen LogP contribution in [-0.2, 0) is 22.7 Å². The SMILES string of the molecule is COc1ccc(CNC(=O)C(C)C2Sc3ccccc3N(Cc3ccccc3Cl)C2=O)cc1. The molecule has 0 saturated heterocycles. The third-order valence-corrected chi connectivity index (χ3v) is 7.53. The highest BCUT2D eigenvalue weighted by atomic mass is 35.5. The number of ether oxygens (including phenoxy) is 1. The number of rotatable bonds is 7. The number of nitrogens with zero attached hydrogens (tertiary/aromatic N) is 1. The third kappa shape index (κ3) is 5.18. The van der Waals surface area contributed by atoms with Gasteiger partial charge in [0, 0.05) is 16.5 Å². The Morgan fingerprint density at radius 3 is 2.52 bits per heavy atom. The highest BCUT2D eigenvalue weighted by molar-refractivity contribution is 8.01. The second kappa shape index (κ2) is 10.3. The van der Waals surface area contributed by atoms with Crippen molar-refractivity contribution >= 4 is 40.9 Å². The number of methoxy groups -OCH3 is 1. The molecule has 0 radical (unpaired) electrons. The molecule has 1 aliphatic rings. The molecule has 0 aliphatic carbocycles. The Morgan fingerprint density at radius 1 is 1.09 bits per heavy atom. The van der Waals surface area contributed by atoms with Gasteiger partial charge in [-0.15, -0.1) is 11.8 Å². The minimum Gasteiger partial charge on any atom is -0.497 e. The van der Waals surface area contributed by atoms with Gasteiger partial charge < -0.3 is 15.0 Å². The van der Waals surface area contributed by atoms with E-state index in [0.29, 0.717) is 18.1 Å². The van der Waals surface area contributed by atoms with Crippen LogP contribution in [0.2, 0.25) is 5.02 Å². The normalized spacial score (nSPS) is 16.2. The van der Waals surface area contributed by atoms with E-state index in [1.807, 2.05) is 72.8 Å². The van der Waals surface area contributed by atoms with Crippen molar-refractivity contribution in [2.75, 3.05) is 12.0 Å². The summed E-state index contributed by atoms with van der Waals surface area (Å²) >= 11 is 7.82. The summed E-state index contributed by atoms with van der Waals surface area (Å²) < 4.78 is 5.17. The molecule has 170 valence electrons. The summed E-state index contributed by atoms with van der Waals surface area (Å²) in [5.41, 5.74) is 2.67. The van der Waals surface area contributed by atoms with E-state index in [0.717, 1.165) is 27.5 Å². The zero-order valence-corrected chi connectivity index (χ0v) is 20.0. The first-order valence-corrected chi connectivity index (χ1v) is 11.9. The van der Waals surface area contributed by atoms with Crippen LogP contribution >= 0.6 is 23.4 Å². The maximum atomic E-state index is 13.6. The summed E-state index contributed by atoms with van der Waals surface area (Å²) in [5, 5.41) is 3.05.